The molecule has 6 heteroatoms. The maximum absolute atomic E-state index is 12.0. The summed E-state index contributed by atoms with van der Waals surface area (Å²) in [4.78, 5) is 19.7. The van der Waals surface area contributed by atoms with E-state index in [1.165, 1.54) is 0 Å². The molecule has 1 saturated heterocycles. The fraction of sp³-hybridized carbons (Fsp3) is 0.500. The van der Waals surface area contributed by atoms with Gasteiger partial charge < -0.3 is 15.0 Å². The first-order chi connectivity index (χ1) is 10.7. The molecule has 2 aromatic rings. The van der Waals surface area contributed by atoms with Crippen molar-refractivity contribution in [2.24, 2.45) is 0 Å². The molecule has 0 saturated carbocycles. The number of H-pyrrole nitrogens is 1. The van der Waals surface area contributed by atoms with Crippen molar-refractivity contribution in [2.75, 3.05) is 12.4 Å². The second-order valence-electron chi connectivity index (χ2n) is 5.60. The number of rotatable bonds is 6. The highest BCUT2D eigenvalue weighted by Gasteiger charge is 2.23. The van der Waals surface area contributed by atoms with Gasteiger partial charge >= 0.3 is 0 Å². The summed E-state index contributed by atoms with van der Waals surface area (Å²) in [5, 5.41) is 3.02. The Morgan fingerprint density at radius 1 is 1.55 bits per heavy atom. The second kappa shape index (κ2) is 7.15. The first kappa shape index (κ1) is 15.4. The monoisotopic (exact) mass is 319 g/mol. The molecule has 1 aromatic carbocycles. The Bertz CT molecular complexity index is 604. The summed E-state index contributed by atoms with van der Waals surface area (Å²) >= 11 is 1.57. The van der Waals surface area contributed by atoms with Gasteiger partial charge in [-0.1, -0.05) is 12.1 Å². The van der Waals surface area contributed by atoms with Crippen LogP contribution in [0.3, 0.4) is 0 Å². The number of benzene rings is 1. The summed E-state index contributed by atoms with van der Waals surface area (Å²) in [6, 6.07) is 8.03. The van der Waals surface area contributed by atoms with Crippen LogP contribution in [0.2, 0.25) is 0 Å². The summed E-state index contributed by atoms with van der Waals surface area (Å²) in [5.41, 5.74) is 2.00. The van der Waals surface area contributed by atoms with Crippen LogP contribution in [0.25, 0.3) is 11.0 Å². The molecule has 2 atom stereocenters. The summed E-state index contributed by atoms with van der Waals surface area (Å²) in [6.07, 6.45) is 2.29. The molecular formula is C16H21N3O2S. The van der Waals surface area contributed by atoms with Crippen LogP contribution in [-0.4, -0.2) is 40.4 Å². The Morgan fingerprint density at radius 3 is 3.18 bits per heavy atom. The van der Waals surface area contributed by atoms with E-state index in [1.807, 2.05) is 31.2 Å². The molecular weight excluding hydrogens is 298 g/mol. The number of aromatic amines is 1. The van der Waals surface area contributed by atoms with Crippen LogP contribution in [0.15, 0.2) is 24.3 Å². The minimum absolute atomic E-state index is 0.0594. The van der Waals surface area contributed by atoms with Crippen molar-refractivity contribution < 1.29 is 9.53 Å². The number of aromatic nitrogens is 2. The molecule has 0 aliphatic carbocycles. The fourth-order valence-electron chi connectivity index (χ4n) is 2.70. The van der Waals surface area contributed by atoms with Gasteiger partial charge in [-0.25, -0.2) is 4.98 Å². The van der Waals surface area contributed by atoms with E-state index in [4.69, 9.17) is 4.74 Å². The molecule has 1 amide bonds. The third-order valence-electron chi connectivity index (χ3n) is 3.82. The van der Waals surface area contributed by atoms with E-state index in [2.05, 4.69) is 15.3 Å². The number of carbonyl (C=O) groups is 1. The molecule has 0 bridgehead atoms. The van der Waals surface area contributed by atoms with E-state index in [-0.39, 0.29) is 18.1 Å². The van der Waals surface area contributed by atoms with Crippen LogP contribution in [0.5, 0.6) is 0 Å². The molecule has 2 unspecified atom stereocenters. The lowest BCUT2D eigenvalue weighted by molar-refractivity contribution is -0.120. The number of imidazole rings is 1. The molecule has 5 nitrogen and oxygen atoms in total. The zero-order chi connectivity index (χ0) is 15.4. The predicted octanol–water partition coefficient (Wildman–Crippen LogP) is 2.48. The molecule has 3 rings (SSSR count). The van der Waals surface area contributed by atoms with Crippen LogP contribution in [-0.2, 0) is 15.3 Å². The number of nitrogens with one attached hydrogen (secondary N) is 2. The van der Waals surface area contributed by atoms with Crippen molar-refractivity contribution in [3.63, 3.8) is 0 Å². The summed E-state index contributed by atoms with van der Waals surface area (Å²) in [6.45, 7) is 2.82. The zero-order valence-electron chi connectivity index (χ0n) is 12.7. The van der Waals surface area contributed by atoms with Crippen molar-refractivity contribution in [2.45, 2.75) is 37.7 Å². The lowest BCUT2D eigenvalue weighted by Gasteiger charge is -2.19. The van der Waals surface area contributed by atoms with E-state index < -0.39 is 0 Å². The van der Waals surface area contributed by atoms with E-state index in [0.29, 0.717) is 11.5 Å². The van der Waals surface area contributed by atoms with E-state index in [0.717, 1.165) is 36.3 Å². The van der Waals surface area contributed by atoms with E-state index in [9.17, 15) is 4.79 Å². The average Bonchev–Trinajstić information content (AvgIpc) is 3.16. The minimum Gasteiger partial charge on any atom is -0.376 e. The highest BCUT2D eigenvalue weighted by Crippen LogP contribution is 2.17. The van der Waals surface area contributed by atoms with E-state index in [1.54, 1.807) is 11.8 Å². The van der Waals surface area contributed by atoms with Crippen molar-refractivity contribution >= 4 is 28.7 Å². The topological polar surface area (TPSA) is 67.0 Å². The number of hydrogen-bond acceptors (Lipinski definition) is 4. The van der Waals surface area contributed by atoms with Crippen molar-refractivity contribution in [3.8, 4) is 0 Å². The van der Waals surface area contributed by atoms with Gasteiger partial charge in [0.15, 0.2) is 0 Å². The van der Waals surface area contributed by atoms with Gasteiger partial charge in [0.1, 0.15) is 5.82 Å². The van der Waals surface area contributed by atoms with Crippen LogP contribution in [0.1, 0.15) is 25.6 Å². The number of para-hydroxylation sites is 2. The number of carbonyl (C=O) groups excluding carboxylic acids is 1. The third kappa shape index (κ3) is 3.81. The highest BCUT2D eigenvalue weighted by atomic mass is 32.2. The largest absolute Gasteiger partial charge is 0.376 e. The molecule has 1 aliphatic heterocycles. The highest BCUT2D eigenvalue weighted by molar-refractivity contribution is 7.99. The Balaban J connectivity index is 1.43. The van der Waals surface area contributed by atoms with Gasteiger partial charge in [-0.2, -0.15) is 0 Å². The lowest BCUT2D eigenvalue weighted by Crippen LogP contribution is -2.41. The number of amides is 1. The first-order valence-electron chi connectivity index (χ1n) is 7.65. The third-order valence-corrected chi connectivity index (χ3v) is 4.77. The van der Waals surface area contributed by atoms with Gasteiger partial charge in [-0.3, -0.25) is 4.79 Å². The van der Waals surface area contributed by atoms with Crippen molar-refractivity contribution in [1.82, 2.24) is 15.3 Å². The van der Waals surface area contributed by atoms with Crippen LogP contribution in [0, 0.1) is 0 Å². The Labute approximate surface area is 134 Å². The quantitative estimate of drug-likeness (QED) is 0.858. The predicted molar refractivity (Wildman–Crippen MR) is 88.8 cm³/mol. The van der Waals surface area contributed by atoms with Gasteiger partial charge in [0, 0.05) is 6.61 Å². The molecule has 118 valence electrons. The molecule has 2 N–H and O–H groups in total. The van der Waals surface area contributed by atoms with Gasteiger partial charge in [-0.15, -0.1) is 11.8 Å². The number of nitrogens with zero attached hydrogens (tertiary/aromatic N) is 1. The maximum atomic E-state index is 12.0. The fourth-order valence-corrected chi connectivity index (χ4v) is 3.40. The van der Waals surface area contributed by atoms with E-state index >= 15 is 0 Å². The Hall–Kier alpha value is -1.53. The summed E-state index contributed by atoms with van der Waals surface area (Å²) in [7, 11) is 0. The second-order valence-corrected chi connectivity index (χ2v) is 6.59. The normalized spacial score (nSPS) is 19.4. The van der Waals surface area contributed by atoms with Gasteiger partial charge in [0.2, 0.25) is 5.91 Å². The average molecular weight is 319 g/mol. The summed E-state index contributed by atoms with van der Waals surface area (Å²) in [5.74, 6) is 2.11. The standard InChI is InChI=1S/C16H21N3O2S/c1-11(14-7-4-8-21-14)17-16(20)10-22-9-15-18-12-5-2-3-6-13(12)19-15/h2-3,5-6,11,14H,4,7-10H2,1H3,(H,17,20)(H,18,19). The van der Waals surface area contributed by atoms with Gasteiger partial charge in [-0.05, 0) is 31.9 Å². The first-order valence-corrected chi connectivity index (χ1v) is 8.80. The van der Waals surface area contributed by atoms with Crippen LogP contribution < -0.4 is 5.32 Å². The number of fused-ring (bicyclic) bond motifs is 1. The minimum atomic E-state index is 0.0594. The number of thioether (sulfide) groups is 1. The van der Waals surface area contributed by atoms with Crippen molar-refractivity contribution in [3.05, 3.63) is 30.1 Å². The molecule has 1 aromatic heterocycles. The Kier molecular flexibility index (Phi) is 5.00. The van der Waals surface area contributed by atoms with Crippen molar-refractivity contribution in [1.29, 1.82) is 0 Å². The molecule has 1 aliphatic rings. The van der Waals surface area contributed by atoms with Crippen LogP contribution in [0.4, 0.5) is 0 Å². The lowest BCUT2D eigenvalue weighted by atomic mass is 10.1. The molecule has 0 radical (unpaired) electrons. The Morgan fingerprint density at radius 2 is 2.41 bits per heavy atom. The SMILES string of the molecule is CC(NC(=O)CSCc1nc2ccccc2[nH]1)C1CCCO1. The molecule has 1 fully saturated rings. The zero-order valence-corrected chi connectivity index (χ0v) is 13.5. The number of hydrogen-bond donors (Lipinski definition) is 2. The molecule has 2 heterocycles. The summed E-state index contributed by atoms with van der Waals surface area (Å²) < 4.78 is 5.59. The van der Waals surface area contributed by atoms with Crippen LogP contribution >= 0.6 is 11.8 Å². The number of ether oxygens (including phenoxy) is 1. The molecule has 22 heavy (non-hydrogen) atoms. The maximum Gasteiger partial charge on any atom is 0.230 e. The van der Waals surface area contributed by atoms with Gasteiger partial charge in [0.05, 0.1) is 34.7 Å². The molecule has 0 spiro atoms. The van der Waals surface area contributed by atoms with Gasteiger partial charge in [0.25, 0.3) is 0 Å². The smallest absolute Gasteiger partial charge is 0.230 e.